The first-order chi connectivity index (χ1) is 63.3. The van der Waals surface area contributed by atoms with E-state index in [1.165, 1.54) is 0 Å². The molecule has 2 fully saturated rings. The summed E-state index contributed by atoms with van der Waals surface area (Å²) in [5.41, 5.74) is 22.1. The molecule has 0 N–H and O–H groups in total. The Bertz CT molecular complexity index is 6530. The van der Waals surface area contributed by atoms with Gasteiger partial charge in [-0.05, 0) is 317 Å². The molecule has 4 heteroatoms. The fourth-order valence-electron chi connectivity index (χ4n) is 15.2. The van der Waals surface area contributed by atoms with Gasteiger partial charge in [-0.2, -0.15) is 0 Å². The van der Waals surface area contributed by atoms with E-state index in [1.54, 1.807) is 115 Å². The third kappa shape index (κ3) is 19.8. The molecular formula is C107H130N4+4. The average Bonchev–Trinajstić information content (AvgIpc) is 0.937. The molecule has 0 saturated heterocycles. The summed E-state index contributed by atoms with van der Waals surface area (Å²) in [6.45, 7) is 10.2. The molecule has 0 unspecified atom stereocenters. The summed E-state index contributed by atoms with van der Waals surface area (Å²) in [5, 5.41) is 0. The standard InChI is InChI=1S/2C27H32N.C27H34N.C26H32N/c1-18-14-27(28(5)17-21(18)4)26-16-25(19(2)13-20(26)3)24-12-8-11-23(15-24)22-9-6-7-10-22;1-18-15-27(28(5)17-21(18)4)26-16-25(19(2)14-20(26)3)24-12-10-23(11-13-24)22-8-6-7-9-22;1-18-14-26(28(8)17-21(18)4)25-15-24(19(2)13-20(25)3)23-12-10-9-11-22(23)16-27(5,6)7;1-18-12-13-21(23-11-9-8-10-22(23)16-26(4,5)6)15-24(18)25-14-19(2)20(3)17-27(25)7/h8,11-17,22H,6-7,9-10H2,1-5H3;10-17,22H,6-9H2,1-5H3;9-15,17H,16H2,1-8H3;8-15,17H,16H2,1-7H3/q4*+1/i2*2D3,4D3,22D;2D3,4D3,16D2;3D3,16D2. The molecular weight excluding hydrogens is 1340 g/mol. The summed E-state index contributed by atoms with van der Waals surface area (Å²) in [6, 6.07) is 54.6. The molecule has 0 atom stereocenters. The highest BCUT2D eigenvalue weighted by molar-refractivity contribution is 5.80. The van der Waals surface area contributed by atoms with Crippen LogP contribution in [0.15, 0.2) is 201 Å². The van der Waals surface area contributed by atoms with Crippen LogP contribution in [0.5, 0.6) is 0 Å². The monoisotopic (exact) mass is 1500 g/mol. The van der Waals surface area contributed by atoms with E-state index >= 15 is 0 Å². The number of nitrogens with zero attached hydrogens (tertiary/aromatic N) is 4. The summed E-state index contributed by atoms with van der Waals surface area (Å²) < 4.78 is 228. The number of aromatic nitrogens is 4. The highest BCUT2D eigenvalue weighted by Gasteiger charge is 2.26. The number of pyridine rings is 4. The van der Waals surface area contributed by atoms with Crippen molar-refractivity contribution in [2.45, 2.75) is 221 Å². The van der Waals surface area contributed by atoms with Gasteiger partial charge in [0.2, 0.25) is 22.8 Å². The van der Waals surface area contributed by atoms with Gasteiger partial charge in [-0.1, -0.05) is 195 Å². The Morgan fingerprint density at radius 2 is 0.631 bits per heavy atom. The third-order valence-electron chi connectivity index (χ3n) is 21.4. The van der Waals surface area contributed by atoms with Crippen molar-refractivity contribution in [3.8, 4) is 89.5 Å². The summed E-state index contributed by atoms with van der Waals surface area (Å²) in [4.78, 5) is 0. The van der Waals surface area contributed by atoms with Gasteiger partial charge in [-0.15, -0.1) is 0 Å². The van der Waals surface area contributed by atoms with Crippen LogP contribution >= 0.6 is 0 Å². The van der Waals surface area contributed by atoms with Gasteiger partial charge in [0.15, 0.2) is 24.8 Å². The topological polar surface area (TPSA) is 15.5 Å². The highest BCUT2D eigenvalue weighted by Crippen LogP contribution is 2.42. The second-order valence-corrected chi connectivity index (χ2v) is 32.8. The van der Waals surface area contributed by atoms with Crippen LogP contribution in [-0.2, 0) is 40.9 Å². The van der Waals surface area contributed by atoms with Crippen molar-refractivity contribution in [3.05, 3.63) is 306 Å². The Morgan fingerprint density at radius 3 is 1.05 bits per heavy atom. The van der Waals surface area contributed by atoms with Crippen LogP contribution in [0.25, 0.3) is 89.5 Å². The fraction of sp³-hybridized carbons (Fsp3) is 0.364. The molecule has 12 aromatic rings. The van der Waals surface area contributed by atoms with Crippen molar-refractivity contribution in [3.63, 3.8) is 0 Å². The van der Waals surface area contributed by atoms with Crippen molar-refractivity contribution in [1.29, 1.82) is 0 Å². The summed E-state index contributed by atoms with van der Waals surface area (Å²) in [5.74, 6) is -1.18. The summed E-state index contributed by atoms with van der Waals surface area (Å²) in [7, 11) is 7.26. The Morgan fingerprint density at radius 1 is 0.288 bits per heavy atom. The molecule has 4 aromatic heterocycles. The van der Waals surface area contributed by atoms with Gasteiger partial charge in [0.25, 0.3) is 0 Å². The van der Waals surface area contributed by atoms with E-state index in [4.69, 9.17) is 37.0 Å². The minimum atomic E-state index is -2.41. The van der Waals surface area contributed by atoms with Gasteiger partial charge in [0, 0.05) is 106 Å². The quantitative estimate of drug-likeness (QED) is 0.108. The molecule has 2 saturated carbocycles. The maximum Gasteiger partial charge on any atom is 0.212 e. The largest absolute Gasteiger partial charge is 0.212 e. The van der Waals surface area contributed by atoms with Crippen molar-refractivity contribution in [2.75, 3.05) is 0 Å². The van der Waals surface area contributed by atoms with E-state index in [2.05, 4.69) is 6.07 Å². The van der Waals surface area contributed by atoms with Gasteiger partial charge in [-0.25, -0.2) is 18.3 Å². The molecule has 2 aliphatic carbocycles. The van der Waals surface area contributed by atoms with Gasteiger partial charge < -0.3 is 0 Å². The van der Waals surface area contributed by atoms with E-state index in [-0.39, 0.29) is 22.3 Å². The molecule has 0 aliphatic heterocycles. The number of rotatable bonds is 12. The number of aryl methyl sites for hydroxylation is 19. The Balaban J connectivity index is 0.000000177. The van der Waals surface area contributed by atoms with Crippen molar-refractivity contribution in [2.24, 2.45) is 39.0 Å². The second-order valence-electron chi connectivity index (χ2n) is 32.8. The molecule has 574 valence electrons. The Labute approximate surface area is 708 Å². The van der Waals surface area contributed by atoms with E-state index in [1.807, 2.05) is 223 Å². The van der Waals surface area contributed by atoms with E-state index in [0.717, 1.165) is 158 Å². The van der Waals surface area contributed by atoms with Gasteiger partial charge in [-0.3, -0.25) is 0 Å². The lowest BCUT2D eigenvalue weighted by Gasteiger charge is -2.22. The first-order valence-corrected chi connectivity index (χ1v) is 38.8. The maximum absolute atomic E-state index is 8.93. The van der Waals surface area contributed by atoms with Gasteiger partial charge in [0.1, 0.15) is 28.2 Å². The minimum Gasteiger partial charge on any atom is -0.201 e. The molecule has 0 spiro atoms. The lowest BCUT2D eigenvalue weighted by atomic mass is 9.83. The van der Waals surface area contributed by atoms with E-state index in [0.29, 0.717) is 66.8 Å². The molecule has 8 aromatic carbocycles. The van der Waals surface area contributed by atoms with Crippen LogP contribution < -0.4 is 18.3 Å². The zero-order valence-corrected chi connectivity index (χ0v) is 68.5. The number of hydrogen-bond donors (Lipinski definition) is 0. The lowest BCUT2D eigenvalue weighted by Crippen LogP contribution is -2.31. The van der Waals surface area contributed by atoms with Crippen molar-refractivity contribution >= 4 is 0 Å². The smallest absolute Gasteiger partial charge is 0.201 e. The molecule has 111 heavy (non-hydrogen) atoms. The van der Waals surface area contributed by atoms with Gasteiger partial charge in [0.05, 0.1) is 0 Å². The molecule has 0 amide bonds. The lowest BCUT2D eigenvalue weighted by molar-refractivity contribution is -0.660. The number of benzene rings is 8. The number of hydrogen-bond acceptors (Lipinski definition) is 0. The predicted octanol–water partition coefficient (Wildman–Crippen LogP) is 26.5. The van der Waals surface area contributed by atoms with Crippen LogP contribution in [0.1, 0.15) is 247 Å². The molecule has 0 bridgehead atoms. The maximum atomic E-state index is 8.93. The minimum absolute atomic E-state index is 0.152. The zero-order chi connectivity index (χ0) is 103. The van der Waals surface area contributed by atoms with Crippen molar-refractivity contribution < 1.29 is 55.3 Å². The first-order valence-electron chi connectivity index (χ1n) is 52.3. The molecule has 2 aliphatic rings. The molecule has 4 heterocycles. The normalized spacial score (nSPS) is 18.4. The molecule has 14 rings (SSSR count). The van der Waals surface area contributed by atoms with Crippen LogP contribution in [0.2, 0.25) is 0 Å². The molecule has 4 nitrogen and oxygen atoms in total. The van der Waals surface area contributed by atoms with E-state index < -0.39 is 83.3 Å². The van der Waals surface area contributed by atoms with Crippen molar-refractivity contribution in [1.82, 2.24) is 0 Å². The van der Waals surface area contributed by atoms with Crippen LogP contribution in [-0.4, -0.2) is 0 Å². The molecule has 0 radical (unpaired) electrons. The Kier molecular flexibility index (Phi) is 16.8. The SMILES string of the molecule is [2H]C([2H])([2H])c1c[n+](C)c(-c2cc(-c3ccc(C4([2H])CCCC4)cc3)c(C([2H])([2H])[2H])cc2C)cc1C.[2H]C([2H])([2H])c1c[n+](C)c(-c2cc(-c3cccc(C4([2H])CCCC4)c3)c(C([2H])([2H])[2H])cc2C)cc1C.[2H]C([2H])([2H])c1c[n+](C)c(-c2cc(-c3ccccc3C([2H])([2H])C(C)(C)C)c(C([2H])([2H])[2H])cc2C)cc1C.[2H]C([2H])([2H])c1c[n+](C)c(-c2cc(-c3ccccc3C([2H])([2H])C(C)(C)C)ccc2C)cc1C. The Hall–Kier alpha value is -9.64. The second kappa shape index (κ2) is 35.0. The highest BCUT2D eigenvalue weighted by atomic mass is 14.9. The van der Waals surface area contributed by atoms with Crippen LogP contribution in [0.4, 0.5) is 0 Å². The van der Waals surface area contributed by atoms with Gasteiger partial charge >= 0.3 is 0 Å². The van der Waals surface area contributed by atoms with E-state index in [9.17, 15) is 0 Å². The summed E-state index contributed by atoms with van der Waals surface area (Å²) >= 11 is 0. The van der Waals surface area contributed by atoms with Crippen LogP contribution in [0.3, 0.4) is 0 Å². The van der Waals surface area contributed by atoms with Crippen LogP contribution in [0, 0.1) is 114 Å². The first kappa shape index (κ1) is 53.3. The predicted molar refractivity (Wildman–Crippen MR) is 474 cm³/mol. The average molecular weight is 1500 g/mol. The fourth-order valence-corrected chi connectivity index (χ4v) is 15.2. The third-order valence-corrected chi connectivity index (χ3v) is 21.4. The summed E-state index contributed by atoms with van der Waals surface area (Å²) in [6.07, 6.45) is 10.8. The zero-order valence-electron chi connectivity index (χ0n) is 95.5.